The Morgan fingerprint density at radius 2 is 2.07 bits per heavy atom. The first kappa shape index (κ1) is 9.06. The highest BCUT2D eigenvalue weighted by Gasteiger charge is 2.09. The maximum Gasteiger partial charge on any atom is 0.119 e. The molecule has 0 saturated carbocycles. The predicted octanol–water partition coefficient (Wildman–Crippen LogP) is 2.40. The summed E-state index contributed by atoms with van der Waals surface area (Å²) in [5, 5.41) is 14.9. The molecule has 1 N–H and O–H groups in total. The van der Waals surface area contributed by atoms with Crippen LogP contribution in [-0.2, 0) is 7.05 Å². The number of phenols is 1. The van der Waals surface area contributed by atoms with Crippen LogP contribution in [-0.4, -0.2) is 14.9 Å². The van der Waals surface area contributed by atoms with E-state index in [0.717, 1.165) is 16.5 Å². The van der Waals surface area contributed by atoms with Crippen LogP contribution in [0.15, 0.2) is 18.3 Å². The average molecular weight is 190 g/mol. The molecule has 0 spiro atoms. The number of phenolic OH excluding ortho intramolecular Hbond substituents is 1. The number of nitrogens with zero attached hydrogens (tertiary/aromatic N) is 2. The third-order valence-electron chi connectivity index (χ3n) is 2.52. The second kappa shape index (κ2) is 3.01. The lowest BCUT2D eigenvalue weighted by Gasteiger charge is -2.08. The van der Waals surface area contributed by atoms with Crippen molar-refractivity contribution >= 4 is 10.9 Å². The number of fused-ring (bicyclic) bond motifs is 1. The first-order valence-electron chi connectivity index (χ1n) is 4.74. The Morgan fingerprint density at radius 3 is 2.71 bits per heavy atom. The third kappa shape index (κ3) is 1.25. The molecule has 0 saturated heterocycles. The molecule has 1 aromatic heterocycles. The van der Waals surface area contributed by atoms with E-state index in [4.69, 9.17) is 0 Å². The fourth-order valence-electron chi connectivity index (χ4n) is 1.67. The highest BCUT2D eigenvalue weighted by atomic mass is 16.3. The van der Waals surface area contributed by atoms with Gasteiger partial charge in [0.1, 0.15) is 5.75 Å². The summed E-state index contributed by atoms with van der Waals surface area (Å²) >= 11 is 0. The van der Waals surface area contributed by atoms with Gasteiger partial charge in [0.05, 0.1) is 11.7 Å². The summed E-state index contributed by atoms with van der Waals surface area (Å²) in [4.78, 5) is 0. The SMILES string of the molecule is CC(C)c1cc2c(cnn2C)cc1O. The number of rotatable bonds is 1. The first-order valence-corrected chi connectivity index (χ1v) is 4.74. The van der Waals surface area contributed by atoms with Crippen LogP contribution < -0.4 is 0 Å². The molecule has 1 heterocycles. The molecule has 0 radical (unpaired) electrons. The summed E-state index contributed by atoms with van der Waals surface area (Å²) in [5.41, 5.74) is 2.03. The molecule has 0 unspecified atom stereocenters. The van der Waals surface area contributed by atoms with Gasteiger partial charge in [-0.15, -0.1) is 0 Å². The molecule has 2 rings (SSSR count). The summed E-state index contributed by atoms with van der Waals surface area (Å²) in [6.07, 6.45) is 1.76. The maximum absolute atomic E-state index is 9.75. The van der Waals surface area contributed by atoms with Gasteiger partial charge in [0.2, 0.25) is 0 Å². The van der Waals surface area contributed by atoms with E-state index in [2.05, 4.69) is 18.9 Å². The number of aromatic nitrogens is 2. The van der Waals surface area contributed by atoms with E-state index < -0.39 is 0 Å². The van der Waals surface area contributed by atoms with Gasteiger partial charge in [-0.3, -0.25) is 4.68 Å². The zero-order chi connectivity index (χ0) is 10.3. The molecule has 0 bridgehead atoms. The van der Waals surface area contributed by atoms with E-state index in [1.807, 2.05) is 17.8 Å². The van der Waals surface area contributed by atoms with Crippen molar-refractivity contribution in [1.29, 1.82) is 0 Å². The Hall–Kier alpha value is -1.51. The van der Waals surface area contributed by atoms with Crippen LogP contribution >= 0.6 is 0 Å². The minimum Gasteiger partial charge on any atom is -0.508 e. The zero-order valence-electron chi connectivity index (χ0n) is 8.65. The molecule has 3 heteroatoms. The van der Waals surface area contributed by atoms with E-state index in [9.17, 15) is 5.11 Å². The monoisotopic (exact) mass is 190 g/mol. The van der Waals surface area contributed by atoms with Crippen LogP contribution in [0.1, 0.15) is 25.3 Å². The van der Waals surface area contributed by atoms with Crippen molar-refractivity contribution in [2.75, 3.05) is 0 Å². The number of aromatic hydroxyl groups is 1. The lowest BCUT2D eigenvalue weighted by Crippen LogP contribution is -1.92. The van der Waals surface area contributed by atoms with Gasteiger partial charge in [0.15, 0.2) is 0 Å². The van der Waals surface area contributed by atoms with Gasteiger partial charge in [0, 0.05) is 12.4 Å². The van der Waals surface area contributed by atoms with Gasteiger partial charge in [-0.25, -0.2) is 0 Å². The smallest absolute Gasteiger partial charge is 0.119 e. The van der Waals surface area contributed by atoms with Crippen molar-refractivity contribution in [3.8, 4) is 5.75 Å². The van der Waals surface area contributed by atoms with Gasteiger partial charge in [-0.2, -0.15) is 5.10 Å². The van der Waals surface area contributed by atoms with Crippen LogP contribution in [0.2, 0.25) is 0 Å². The van der Waals surface area contributed by atoms with Crippen molar-refractivity contribution in [1.82, 2.24) is 9.78 Å². The fourth-order valence-corrected chi connectivity index (χ4v) is 1.67. The Morgan fingerprint density at radius 1 is 1.36 bits per heavy atom. The Bertz CT molecular complexity index is 471. The molecule has 74 valence electrons. The minimum absolute atomic E-state index is 0.328. The number of aryl methyl sites for hydroxylation is 1. The fraction of sp³-hybridized carbons (Fsp3) is 0.364. The maximum atomic E-state index is 9.75. The summed E-state index contributed by atoms with van der Waals surface area (Å²) in [6.45, 7) is 4.13. The average Bonchev–Trinajstić information content (AvgIpc) is 2.46. The topological polar surface area (TPSA) is 38.0 Å². The Labute approximate surface area is 83.0 Å². The highest BCUT2D eigenvalue weighted by molar-refractivity contribution is 5.81. The second-order valence-electron chi connectivity index (χ2n) is 3.89. The van der Waals surface area contributed by atoms with Crippen LogP contribution in [0, 0.1) is 0 Å². The van der Waals surface area contributed by atoms with E-state index in [-0.39, 0.29) is 0 Å². The summed E-state index contributed by atoms with van der Waals surface area (Å²) < 4.78 is 1.82. The summed E-state index contributed by atoms with van der Waals surface area (Å²) in [6, 6.07) is 3.78. The van der Waals surface area contributed by atoms with Crippen LogP contribution in [0.25, 0.3) is 10.9 Å². The van der Waals surface area contributed by atoms with Crippen LogP contribution in [0.4, 0.5) is 0 Å². The molecule has 0 atom stereocenters. The van der Waals surface area contributed by atoms with Crippen molar-refractivity contribution in [3.63, 3.8) is 0 Å². The van der Waals surface area contributed by atoms with Crippen LogP contribution in [0.5, 0.6) is 5.75 Å². The molecule has 2 aromatic rings. The lowest BCUT2D eigenvalue weighted by atomic mass is 10.0. The summed E-state index contributed by atoms with van der Waals surface area (Å²) in [5.74, 6) is 0.690. The number of benzene rings is 1. The summed E-state index contributed by atoms with van der Waals surface area (Å²) in [7, 11) is 1.91. The van der Waals surface area contributed by atoms with Crippen molar-refractivity contribution < 1.29 is 5.11 Å². The van der Waals surface area contributed by atoms with Crippen molar-refractivity contribution in [2.45, 2.75) is 19.8 Å². The van der Waals surface area contributed by atoms with Gasteiger partial charge >= 0.3 is 0 Å². The highest BCUT2D eigenvalue weighted by Crippen LogP contribution is 2.29. The second-order valence-corrected chi connectivity index (χ2v) is 3.89. The van der Waals surface area contributed by atoms with Gasteiger partial charge in [-0.1, -0.05) is 13.8 Å². The molecular formula is C11H14N2O. The standard InChI is InChI=1S/C11H14N2O/c1-7(2)9-5-10-8(4-11(9)14)6-12-13(10)3/h4-7,14H,1-3H3. The van der Waals surface area contributed by atoms with Crippen LogP contribution in [0.3, 0.4) is 0 Å². The minimum atomic E-state index is 0.328. The molecule has 0 aliphatic heterocycles. The molecule has 0 aliphatic rings. The molecule has 0 fully saturated rings. The number of hydrogen-bond donors (Lipinski definition) is 1. The molecule has 3 nitrogen and oxygen atoms in total. The normalized spacial score (nSPS) is 11.4. The van der Waals surface area contributed by atoms with E-state index in [1.165, 1.54) is 0 Å². The quantitative estimate of drug-likeness (QED) is 0.749. The van der Waals surface area contributed by atoms with Crippen molar-refractivity contribution in [2.24, 2.45) is 7.05 Å². The van der Waals surface area contributed by atoms with E-state index in [1.54, 1.807) is 12.3 Å². The van der Waals surface area contributed by atoms with Gasteiger partial charge in [0.25, 0.3) is 0 Å². The first-order chi connectivity index (χ1) is 6.59. The van der Waals surface area contributed by atoms with Gasteiger partial charge < -0.3 is 5.11 Å². The van der Waals surface area contributed by atoms with Crippen molar-refractivity contribution in [3.05, 3.63) is 23.9 Å². The molecule has 0 amide bonds. The molecule has 14 heavy (non-hydrogen) atoms. The predicted molar refractivity (Wildman–Crippen MR) is 56.5 cm³/mol. The molecular weight excluding hydrogens is 176 g/mol. The largest absolute Gasteiger partial charge is 0.508 e. The van der Waals surface area contributed by atoms with E-state index >= 15 is 0 Å². The Balaban J connectivity index is 2.74. The number of hydrogen-bond acceptors (Lipinski definition) is 2. The third-order valence-corrected chi connectivity index (χ3v) is 2.52. The van der Waals surface area contributed by atoms with Gasteiger partial charge in [-0.05, 0) is 23.6 Å². The zero-order valence-corrected chi connectivity index (χ0v) is 8.65. The lowest BCUT2D eigenvalue weighted by molar-refractivity contribution is 0.466. The Kier molecular flexibility index (Phi) is 1.95. The molecule has 1 aromatic carbocycles. The molecule has 0 aliphatic carbocycles. The van der Waals surface area contributed by atoms with E-state index in [0.29, 0.717) is 11.7 Å².